The Morgan fingerprint density at radius 1 is 1.64 bits per heavy atom. The van der Waals surface area contributed by atoms with Crippen LogP contribution in [0, 0.1) is 11.3 Å². The van der Waals surface area contributed by atoms with Gasteiger partial charge in [0.1, 0.15) is 0 Å². The van der Waals surface area contributed by atoms with Crippen LogP contribution in [-0.4, -0.2) is 19.5 Å². The third kappa shape index (κ3) is 2.49. The molecule has 1 aliphatic rings. The van der Waals surface area contributed by atoms with Crippen molar-refractivity contribution < 1.29 is 9.47 Å². The van der Waals surface area contributed by atoms with E-state index in [1.54, 1.807) is 7.11 Å². The molecule has 0 aromatic carbocycles. The molecule has 0 radical (unpaired) electrons. The lowest BCUT2D eigenvalue weighted by Gasteiger charge is -2.27. The molecule has 62 valence electrons. The van der Waals surface area contributed by atoms with Crippen LogP contribution in [0.5, 0.6) is 0 Å². The summed E-state index contributed by atoms with van der Waals surface area (Å²) in [6.07, 6.45) is 3.55. The molecule has 3 nitrogen and oxygen atoms in total. The number of nitrogens with zero attached hydrogens (tertiary/aromatic N) is 1. The highest BCUT2D eigenvalue weighted by Crippen LogP contribution is 2.20. The van der Waals surface area contributed by atoms with Crippen molar-refractivity contribution in [3.63, 3.8) is 0 Å². The van der Waals surface area contributed by atoms with Crippen LogP contribution in [0.3, 0.4) is 0 Å². The van der Waals surface area contributed by atoms with Crippen molar-refractivity contribution in [1.82, 2.24) is 0 Å². The zero-order valence-corrected chi connectivity index (χ0v) is 6.75. The standard InChI is InChI=1S/C8H13NO2/c1-10-8-4-2-3-7(11-8)5-6-9/h7-8H,2-5H2,1H3. The van der Waals surface area contributed by atoms with E-state index in [0.29, 0.717) is 6.42 Å². The fraction of sp³-hybridized carbons (Fsp3) is 0.875. The predicted molar refractivity (Wildman–Crippen MR) is 39.8 cm³/mol. The second-order valence-corrected chi connectivity index (χ2v) is 2.72. The molecule has 1 rings (SSSR count). The highest BCUT2D eigenvalue weighted by atomic mass is 16.7. The fourth-order valence-electron chi connectivity index (χ4n) is 1.29. The highest BCUT2D eigenvalue weighted by Gasteiger charge is 2.21. The molecular formula is C8H13NO2. The predicted octanol–water partition coefficient (Wildman–Crippen LogP) is 1.44. The van der Waals surface area contributed by atoms with Gasteiger partial charge in [0.2, 0.25) is 0 Å². The van der Waals surface area contributed by atoms with Gasteiger partial charge in [-0.2, -0.15) is 5.26 Å². The van der Waals surface area contributed by atoms with E-state index in [1.807, 2.05) is 0 Å². The zero-order valence-electron chi connectivity index (χ0n) is 6.75. The molecule has 0 aromatic rings. The summed E-state index contributed by atoms with van der Waals surface area (Å²) in [5.74, 6) is 0. The van der Waals surface area contributed by atoms with Crippen molar-refractivity contribution in [2.24, 2.45) is 0 Å². The van der Waals surface area contributed by atoms with E-state index in [1.165, 1.54) is 0 Å². The van der Waals surface area contributed by atoms with E-state index in [9.17, 15) is 0 Å². The lowest BCUT2D eigenvalue weighted by Crippen LogP contribution is -2.28. The second-order valence-electron chi connectivity index (χ2n) is 2.72. The number of ether oxygens (including phenoxy) is 2. The molecule has 0 aromatic heterocycles. The van der Waals surface area contributed by atoms with Gasteiger partial charge < -0.3 is 9.47 Å². The number of nitriles is 1. The van der Waals surface area contributed by atoms with Crippen LogP contribution in [0.25, 0.3) is 0 Å². The summed E-state index contributed by atoms with van der Waals surface area (Å²) in [7, 11) is 1.64. The van der Waals surface area contributed by atoms with Gasteiger partial charge in [0, 0.05) is 7.11 Å². The van der Waals surface area contributed by atoms with Crippen LogP contribution >= 0.6 is 0 Å². The van der Waals surface area contributed by atoms with Gasteiger partial charge in [-0.1, -0.05) is 0 Å². The number of hydrogen-bond donors (Lipinski definition) is 0. The summed E-state index contributed by atoms with van der Waals surface area (Å²) in [6.45, 7) is 0. The minimum absolute atomic E-state index is 0.0814. The fourth-order valence-corrected chi connectivity index (χ4v) is 1.29. The van der Waals surface area contributed by atoms with Gasteiger partial charge in [0.25, 0.3) is 0 Å². The van der Waals surface area contributed by atoms with Crippen molar-refractivity contribution in [1.29, 1.82) is 5.26 Å². The van der Waals surface area contributed by atoms with Crippen LogP contribution < -0.4 is 0 Å². The lowest BCUT2D eigenvalue weighted by molar-refractivity contribution is -0.178. The van der Waals surface area contributed by atoms with Crippen molar-refractivity contribution in [2.45, 2.75) is 38.1 Å². The van der Waals surface area contributed by atoms with Gasteiger partial charge in [0.15, 0.2) is 6.29 Å². The van der Waals surface area contributed by atoms with Crippen molar-refractivity contribution in [3.05, 3.63) is 0 Å². The largest absolute Gasteiger partial charge is 0.356 e. The summed E-state index contributed by atoms with van der Waals surface area (Å²) in [5, 5.41) is 8.41. The van der Waals surface area contributed by atoms with E-state index >= 15 is 0 Å². The van der Waals surface area contributed by atoms with E-state index < -0.39 is 0 Å². The first-order valence-corrected chi connectivity index (χ1v) is 3.92. The quantitative estimate of drug-likeness (QED) is 0.606. The molecule has 11 heavy (non-hydrogen) atoms. The SMILES string of the molecule is COC1CCCC(CC#N)O1. The first-order valence-electron chi connectivity index (χ1n) is 3.92. The van der Waals surface area contributed by atoms with Crippen LogP contribution in [0.1, 0.15) is 25.7 Å². The Bertz CT molecular complexity index is 153. The Morgan fingerprint density at radius 2 is 2.45 bits per heavy atom. The molecule has 0 aliphatic carbocycles. The molecule has 0 spiro atoms. The minimum atomic E-state index is -0.0814. The van der Waals surface area contributed by atoms with Gasteiger partial charge in [-0.3, -0.25) is 0 Å². The maximum atomic E-state index is 8.41. The molecule has 1 heterocycles. The minimum Gasteiger partial charge on any atom is -0.356 e. The zero-order chi connectivity index (χ0) is 8.10. The maximum Gasteiger partial charge on any atom is 0.157 e. The Labute approximate surface area is 66.9 Å². The molecule has 2 unspecified atom stereocenters. The molecular weight excluding hydrogens is 142 g/mol. The molecule has 1 saturated heterocycles. The normalized spacial score (nSPS) is 31.3. The molecule has 0 saturated carbocycles. The first-order chi connectivity index (χ1) is 5.36. The molecule has 1 aliphatic heterocycles. The smallest absolute Gasteiger partial charge is 0.157 e. The summed E-state index contributed by atoms with van der Waals surface area (Å²) in [6, 6.07) is 2.10. The maximum absolute atomic E-state index is 8.41. The Morgan fingerprint density at radius 3 is 3.09 bits per heavy atom. The summed E-state index contributed by atoms with van der Waals surface area (Å²) < 4.78 is 10.5. The van der Waals surface area contributed by atoms with Crippen molar-refractivity contribution in [3.8, 4) is 6.07 Å². The van der Waals surface area contributed by atoms with E-state index in [0.717, 1.165) is 19.3 Å². The average molecular weight is 155 g/mol. The Kier molecular flexibility index (Phi) is 3.34. The third-order valence-corrected chi connectivity index (χ3v) is 1.89. The van der Waals surface area contributed by atoms with E-state index in [-0.39, 0.29) is 12.4 Å². The Hall–Kier alpha value is -0.590. The Balaban J connectivity index is 2.28. The summed E-state index contributed by atoms with van der Waals surface area (Å²) >= 11 is 0. The number of rotatable bonds is 2. The van der Waals surface area contributed by atoms with Gasteiger partial charge >= 0.3 is 0 Å². The lowest BCUT2D eigenvalue weighted by atomic mass is 10.1. The molecule has 0 amide bonds. The van der Waals surface area contributed by atoms with Gasteiger partial charge in [0.05, 0.1) is 18.6 Å². The first kappa shape index (κ1) is 8.51. The van der Waals surface area contributed by atoms with Crippen LogP contribution in [0.15, 0.2) is 0 Å². The van der Waals surface area contributed by atoms with Crippen molar-refractivity contribution >= 4 is 0 Å². The summed E-state index contributed by atoms with van der Waals surface area (Å²) in [5.41, 5.74) is 0. The van der Waals surface area contributed by atoms with E-state index in [2.05, 4.69) is 6.07 Å². The average Bonchev–Trinajstić information content (AvgIpc) is 2.06. The molecule has 1 fully saturated rings. The van der Waals surface area contributed by atoms with Gasteiger partial charge in [-0.05, 0) is 19.3 Å². The second kappa shape index (κ2) is 4.32. The highest BCUT2D eigenvalue weighted by molar-refractivity contribution is 4.78. The monoisotopic (exact) mass is 155 g/mol. The number of methoxy groups -OCH3 is 1. The van der Waals surface area contributed by atoms with Gasteiger partial charge in [-0.25, -0.2) is 0 Å². The number of hydrogen-bond acceptors (Lipinski definition) is 3. The molecule has 3 heteroatoms. The summed E-state index contributed by atoms with van der Waals surface area (Å²) in [4.78, 5) is 0. The topological polar surface area (TPSA) is 42.2 Å². The molecule has 2 atom stereocenters. The molecule has 0 bridgehead atoms. The van der Waals surface area contributed by atoms with Gasteiger partial charge in [-0.15, -0.1) is 0 Å². The van der Waals surface area contributed by atoms with Crippen LogP contribution in [0.2, 0.25) is 0 Å². The van der Waals surface area contributed by atoms with Crippen molar-refractivity contribution in [2.75, 3.05) is 7.11 Å². The molecule has 0 N–H and O–H groups in total. The van der Waals surface area contributed by atoms with Crippen LogP contribution in [0.4, 0.5) is 0 Å². The van der Waals surface area contributed by atoms with E-state index in [4.69, 9.17) is 14.7 Å². The van der Waals surface area contributed by atoms with Crippen LogP contribution in [-0.2, 0) is 9.47 Å². The third-order valence-electron chi connectivity index (χ3n) is 1.89.